The summed E-state index contributed by atoms with van der Waals surface area (Å²) in [6, 6.07) is 4.63. The average molecular weight is 1370 g/mol. The molecule has 498 valence electrons. The number of ether oxygens (including phenoxy) is 3. The number of nitrogens with zero attached hydrogens (tertiary/aromatic N) is 10. The standard InChI is InChI=1S/C53H68F2N16O17P2S2/c1-26(2)39(66-35(74)13-16-69-36(75)17-27(3)49(69)77)31(72)18-29(7-5-14-58-52(57)78)48(76)65-30-11-9-28(10-12-30)19-82-53(79)68(4)15-6-8-34(73)67-45-41-47(62-23-60-45)71(25-64-41)51-38(55)43-33(86-51)21-84-89(80,91)87-42-32(20-83-90(81,92)88-43)85-50(37(42)54)70-24-63-40-44(56)59-22-61-46(40)70/h9-12,22-27,29,32-33,37-39,42-43,50-51H,5-8,13-21H2,1-4H3,(H,65,76)(H,66,74)(H,80,91)(H,81,92)(H2,56,59,61)(H3,57,58,78)(H,60,62,67,73)/t27?,29-,32-,33-,37-,38-,39+,42-,43-,50-,51-,89?,90?/m1/s1. The first-order valence-electron chi connectivity index (χ1n) is 29.0. The molecule has 3 unspecified atom stereocenters. The molecular weight excluding hydrogens is 1300 g/mol. The maximum Gasteiger partial charge on any atom is 0.409 e. The minimum Gasteiger partial charge on any atom is -0.445 e. The summed E-state index contributed by atoms with van der Waals surface area (Å²) >= 11 is 10.5. The van der Waals surface area contributed by atoms with E-state index in [-0.39, 0.29) is 123 Å². The number of benzene rings is 1. The van der Waals surface area contributed by atoms with E-state index < -0.39 is 129 Å². The van der Waals surface area contributed by atoms with Gasteiger partial charge in [-0.15, -0.1) is 0 Å². The van der Waals surface area contributed by atoms with Crippen LogP contribution in [0.4, 0.5) is 35.7 Å². The summed E-state index contributed by atoms with van der Waals surface area (Å²) in [5.41, 5.74) is 12.3. The molecule has 92 heavy (non-hydrogen) atoms. The maximum absolute atomic E-state index is 16.7. The number of likely N-dealkylation sites (tertiary alicyclic amines) is 1. The second-order valence-corrected chi connectivity index (χ2v) is 28.0. The van der Waals surface area contributed by atoms with Crippen molar-refractivity contribution >= 4 is 124 Å². The van der Waals surface area contributed by atoms with Gasteiger partial charge in [0.15, 0.2) is 59.0 Å². The highest BCUT2D eigenvalue weighted by molar-refractivity contribution is 8.07. The number of nitrogen functional groups attached to an aromatic ring is 1. The smallest absolute Gasteiger partial charge is 0.409 e. The van der Waals surface area contributed by atoms with Crippen LogP contribution < -0.4 is 32.7 Å². The van der Waals surface area contributed by atoms with Gasteiger partial charge >= 0.3 is 25.6 Å². The molecule has 9 rings (SSSR count). The summed E-state index contributed by atoms with van der Waals surface area (Å²) in [5, 5.41) is 10.6. The molecule has 0 spiro atoms. The molecule has 4 aromatic heterocycles. The molecule has 10 N–H and O–H groups in total. The van der Waals surface area contributed by atoms with E-state index in [2.05, 4.69) is 51.2 Å². The van der Waals surface area contributed by atoms with Gasteiger partial charge in [0.2, 0.25) is 29.5 Å². The minimum atomic E-state index is -4.42. The van der Waals surface area contributed by atoms with Gasteiger partial charge in [0.1, 0.15) is 49.2 Å². The largest absolute Gasteiger partial charge is 0.445 e. The molecule has 0 saturated carbocycles. The highest BCUT2D eigenvalue weighted by atomic mass is 32.5. The molecule has 13 atom stereocenters. The van der Waals surface area contributed by atoms with Crippen LogP contribution in [-0.2, 0) is 91.3 Å². The Bertz CT molecular complexity index is 3690. The first kappa shape index (κ1) is 69.1. The van der Waals surface area contributed by atoms with E-state index in [1.165, 1.54) is 27.4 Å². The molecule has 8 heterocycles. The van der Waals surface area contributed by atoms with Gasteiger partial charge in [0.25, 0.3) is 0 Å². The number of nitrogens with one attached hydrogen (secondary N) is 4. The number of carbonyl (C=O) groups excluding carboxylic acids is 8. The van der Waals surface area contributed by atoms with Crippen LogP contribution in [0, 0.1) is 17.8 Å². The number of anilines is 3. The summed E-state index contributed by atoms with van der Waals surface area (Å²) in [7, 11) is 1.47. The molecule has 5 aromatic rings. The SMILES string of the molecule is CC1CC(=O)N(CCC(=O)N[C@H](C(=O)C[C@@H](CCCNC(N)=O)C(=O)Nc2ccc(COC(=O)N(C)CCCC(=O)Nc3ncnc4c3ncn4[C@@H]3O[C@@H]4COP(O)(=S)O[C@H]5[C@@H](F)[C@H](n6cnc7c(N)ncnc76)O[C@@H]5COP(O)(=S)O[C@H]4[C@H]3F)cc2)C(C)C)C1=O. The second kappa shape index (κ2) is 29.8. The average Bonchev–Trinajstić information content (AvgIpc) is 1.62. The molecule has 0 aliphatic carbocycles. The van der Waals surface area contributed by atoms with Gasteiger partial charge in [-0.3, -0.25) is 51.8 Å². The van der Waals surface area contributed by atoms with Crippen LogP contribution in [0.5, 0.6) is 0 Å². The van der Waals surface area contributed by atoms with Crippen LogP contribution >= 0.6 is 13.4 Å². The fourth-order valence-electron chi connectivity index (χ4n) is 10.6. The third-order valence-electron chi connectivity index (χ3n) is 15.4. The number of fused-ring (bicyclic) bond motifs is 4. The zero-order chi connectivity index (χ0) is 66.3. The predicted octanol–water partition coefficient (Wildman–Crippen LogP) is 2.85. The van der Waals surface area contributed by atoms with E-state index in [4.69, 9.17) is 67.4 Å². The lowest BCUT2D eigenvalue weighted by Gasteiger charge is -2.29. The Kier molecular flexibility index (Phi) is 22.4. The van der Waals surface area contributed by atoms with Crippen molar-refractivity contribution in [2.75, 3.05) is 56.3 Å². The predicted molar refractivity (Wildman–Crippen MR) is 325 cm³/mol. The highest BCUT2D eigenvalue weighted by Crippen LogP contribution is 2.55. The Balaban J connectivity index is 0.737. The number of halogens is 2. The van der Waals surface area contributed by atoms with Crippen molar-refractivity contribution < 1.29 is 89.2 Å². The Morgan fingerprint density at radius 1 is 0.826 bits per heavy atom. The van der Waals surface area contributed by atoms with Gasteiger partial charge in [-0.05, 0) is 66.5 Å². The summed E-state index contributed by atoms with van der Waals surface area (Å²) in [4.78, 5) is 152. The second-order valence-electron chi connectivity index (χ2n) is 22.5. The van der Waals surface area contributed by atoms with Crippen molar-refractivity contribution in [1.82, 2.24) is 59.5 Å². The molecule has 1 aromatic carbocycles. The molecule has 0 bridgehead atoms. The summed E-state index contributed by atoms with van der Waals surface area (Å²) in [6.45, 7) is -5.22. The number of urea groups is 1. The van der Waals surface area contributed by atoms with Crippen LogP contribution in [0.1, 0.15) is 83.7 Å². The zero-order valence-electron chi connectivity index (χ0n) is 49.9. The number of alkyl halides is 2. The fourth-order valence-corrected chi connectivity index (χ4v) is 13.5. The van der Waals surface area contributed by atoms with E-state index in [9.17, 15) is 48.1 Å². The normalized spacial score (nSPS) is 26.5. The van der Waals surface area contributed by atoms with Crippen LogP contribution in [0.3, 0.4) is 0 Å². The topological polar surface area (TPSA) is 435 Å². The number of primary amides is 1. The molecule has 4 aliphatic rings. The third-order valence-corrected chi connectivity index (χ3v) is 18.5. The Morgan fingerprint density at radius 3 is 2.01 bits per heavy atom. The van der Waals surface area contributed by atoms with E-state index in [0.717, 1.165) is 23.9 Å². The van der Waals surface area contributed by atoms with Crippen molar-refractivity contribution in [3.63, 3.8) is 0 Å². The maximum atomic E-state index is 16.7. The molecule has 39 heteroatoms. The summed E-state index contributed by atoms with van der Waals surface area (Å²) in [5.74, 6) is -4.53. The van der Waals surface area contributed by atoms with E-state index >= 15 is 8.78 Å². The molecule has 4 saturated heterocycles. The summed E-state index contributed by atoms with van der Waals surface area (Å²) < 4.78 is 75.4. The molecule has 4 fully saturated rings. The highest BCUT2D eigenvalue weighted by Gasteiger charge is 2.54. The Labute approximate surface area is 533 Å². The molecular formula is C53H68F2N16O17P2S2. The van der Waals surface area contributed by atoms with Gasteiger partial charge in [0.05, 0.1) is 31.9 Å². The zero-order valence-corrected chi connectivity index (χ0v) is 53.3. The van der Waals surface area contributed by atoms with Crippen LogP contribution in [0.25, 0.3) is 22.3 Å². The van der Waals surface area contributed by atoms with Gasteiger partial charge in [-0.25, -0.2) is 48.3 Å². The lowest BCUT2D eigenvalue weighted by atomic mass is 9.89. The lowest BCUT2D eigenvalue weighted by molar-refractivity contribution is -0.140. The third kappa shape index (κ3) is 16.7. The number of imide groups is 1. The van der Waals surface area contributed by atoms with Crippen molar-refractivity contribution in [2.45, 2.75) is 128 Å². The first-order valence-corrected chi connectivity index (χ1v) is 34.1. The number of rotatable bonds is 23. The number of imidazole rings is 2. The number of carbonyl (C=O) groups is 8. The molecule has 0 radical (unpaired) electrons. The number of Topliss-reactive ketones (excluding diaryl/α,β-unsaturated/α-hetero) is 1. The monoisotopic (exact) mass is 1360 g/mol. The van der Waals surface area contributed by atoms with Gasteiger partial charge in [0, 0.05) is 69.9 Å². The number of amides is 8. The van der Waals surface area contributed by atoms with E-state index in [1.54, 1.807) is 45.0 Å². The van der Waals surface area contributed by atoms with Crippen molar-refractivity contribution in [3.05, 3.63) is 55.1 Å². The molecule has 33 nitrogen and oxygen atoms in total. The molecule has 8 amide bonds. The number of aromatic nitrogens is 8. The molecule has 4 aliphatic heterocycles. The van der Waals surface area contributed by atoms with Crippen LogP contribution in [0.2, 0.25) is 0 Å². The van der Waals surface area contributed by atoms with Gasteiger partial charge < -0.3 is 70.7 Å². The van der Waals surface area contributed by atoms with Crippen molar-refractivity contribution in [2.24, 2.45) is 23.5 Å². The Hall–Kier alpha value is -7.28. The first-order chi connectivity index (χ1) is 43.7. The van der Waals surface area contributed by atoms with Crippen LogP contribution in [-0.4, -0.2) is 189 Å². The van der Waals surface area contributed by atoms with E-state index in [0.29, 0.717) is 11.3 Å². The number of hydrogen-bond donors (Lipinski definition) is 8. The quantitative estimate of drug-likeness (QED) is 0.0265. The van der Waals surface area contributed by atoms with Crippen molar-refractivity contribution in [3.8, 4) is 0 Å². The minimum absolute atomic E-state index is 0.0133. The Morgan fingerprint density at radius 2 is 1.42 bits per heavy atom. The number of nitrogens with two attached hydrogens (primary N) is 2. The van der Waals surface area contributed by atoms with Gasteiger partial charge in [-0.1, -0.05) is 32.9 Å². The number of ketones is 1. The summed E-state index contributed by atoms with van der Waals surface area (Å²) in [6.07, 6.45) is -9.64. The van der Waals surface area contributed by atoms with Crippen molar-refractivity contribution in [1.29, 1.82) is 0 Å². The lowest BCUT2D eigenvalue weighted by Crippen LogP contribution is -2.46. The van der Waals surface area contributed by atoms with Gasteiger partial charge in [-0.2, -0.15) is 0 Å². The number of hydrogen-bond acceptors (Lipinski definition) is 24. The fraction of sp³-hybridized carbons (Fsp3) is 0.547. The van der Waals surface area contributed by atoms with Crippen LogP contribution in [0.15, 0.2) is 49.6 Å². The van der Waals surface area contributed by atoms with E-state index in [1.807, 2.05) is 0 Å².